The number of rotatable bonds is 6. The summed E-state index contributed by atoms with van der Waals surface area (Å²) >= 11 is 13.4. The van der Waals surface area contributed by atoms with Crippen LogP contribution >= 0.6 is 63.7 Å². The summed E-state index contributed by atoms with van der Waals surface area (Å²) in [5.74, 6) is -3.09. The van der Waals surface area contributed by atoms with Gasteiger partial charge in [-0.15, -0.1) is 0 Å². The quantitative estimate of drug-likeness (QED) is 0.186. The van der Waals surface area contributed by atoms with Gasteiger partial charge in [0.05, 0.1) is 11.1 Å². The van der Waals surface area contributed by atoms with Gasteiger partial charge in [0, 0.05) is 23.6 Å². The highest BCUT2D eigenvalue weighted by molar-refractivity contribution is 9.15. The predicted molar refractivity (Wildman–Crippen MR) is 132 cm³/mol. The molecule has 0 saturated carbocycles. The number of para-hydroxylation sites is 1. The van der Waals surface area contributed by atoms with Crippen molar-refractivity contribution in [1.29, 1.82) is 0 Å². The fourth-order valence-electron chi connectivity index (χ4n) is 3.24. The lowest BCUT2D eigenvalue weighted by Crippen LogP contribution is -2.49. The molecule has 0 saturated heterocycles. The standard InChI is InChI=1S/C21H16Br4N2O5/c1-9(2)18(21(31)32-8-11(28)26-10-6-4-3-5-7-10)27-19(29)12-13(20(27)30)15(23)17(25)16(24)14(12)22/h3-7,9,18H,8H2,1-2H3,(H,26,28). The first-order valence-corrected chi connectivity index (χ1v) is 12.5. The Morgan fingerprint density at radius 3 is 1.88 bits per heavy atom. The highest BCUT2D eigenvalue weighted by atomic mass is 79.9. The van der Waals surface area contributed by atoms with E-state index in [2.05, 4.69) is 69.0 Å². The van der Waals surface area contributed by atoms with Gasteiger partial charge in [0.15, 0.2) is 6.61 Å². The first-order chi connectivity index (χ1) is 15.1. The van der Waals surface area contributed by atoms with Crippen molar-refractivity contribution < 1.29 is 23.9 Å². The van der Waals surface area contributed by atoms with Gasteiger partial charge in [0.25, 0.3) is 17.7 Å². The molecule has 11 heteroatoms. The largest absolute Gasteiger partial charge is 0.454 e. The minimum atomic E-state index is -1.21. The Balaban J connectivity index is 1.82. The van der Waals surface area contributed by atoms with Gasteiger partial charge in [0.1, 0.15) is 6.04 Å². The Kier molecular flexibility index (Phi) is 7.95. The Hall–Kier alpha value is -1.56. The molecule has 7 nitrogen and oxygen atoms in total. The summed E-state index contributed by atoms with van der Waals surface area (Å²) in [6, 6.07) is 7.50. The van der Waals surface area contributed by atoms with Gasteiger partial charge < -0.3 is 10.1 Å². The lowest BCUT2D eigenvalue weighted by atomic mass is 10.0. The maximum absolute atomic E-state index is 13.2. The van der Waals surface area contributed by atoms with Crippen molar-refractivity contribution in [2.45, 2.75) is 19.9 Å². The lowest BCUT2D eigenvalue weighted by molar-refractivity contribution is -0.152. The van der Waals surface area contributed by atoms with Crippen LogP contribution in [0, 0.1) is 5.92 Å². The summed E-state index contributed by atoms with van der Waals surface area (Å²) in [4.78, 5) is 52.3. The number of imide groups is 1. The van der Waals surface area contributed by atoms with Gasteiger partial charge >= 0.3 is 5.97 Å². The monoisotopic (exact) mass is 692 g/mol. The Bertz CT molecular complexity index is 1070. The zero-order valence-electron chi connectivity index (χ0n) is 16.7. The molecule has 1 aliphatic rings. The van der Waals surface area contributed by atoms with Gasteiger partial charge in [-0.05, 0) is 81.8 Å². The zero-order chi connectivity index (χ0) is 23.7. The Morgan fingerprint density at radius 2 is 1.41 bits per heavy atom. The third-order valence-corrected chi connectivity index (χ3v) is 9.45. The average molecular weight is 696 g/mol. The fraction of sp³-hybridized carbons (Fsp3) is 0.238. The average Bonchev–Trinajstić information content (AvgIpc) is 3.00. The van der Waals surface area contributed by atoms with Crippen molar-refractivity contribution in [3.05, 3.63) is 59.3 Å². The van der Waals surface area contributed by atoms with Crippen molar-refractivity contribution >= 4 is 93.1 Å². The molecule has 3 amide bonds. The summed E-state index contributed by atoms with van der Waals surface area (Å²) in [6.07, 6.45) is 0. The van der Waals surface area contributed by atoms with Crippen LogP contribution in [0.1, 0.15) is 34.6 Å². The van der Waals surface area contributed by atoms with Gasteiger partial charge in [0.2, 0.25) is 0 Å². The number of esters is 1. The van der Waals surface area contributed by atoms with E-state index in [1.165, 1.54) is 0 Å². The van der Waals surface area contributed by atoms with E-state index in [4.69, 9.17) is 4.74 Å². The number of benzene rings is 2. The van der Waals surface area contributed by atoms with Crippen LogP contribution in [0.3, 0.4) is 0 Å². The van der Waals surface area contributed by atoms with Crippen LogP contribution < -0.4 is 5.32 Å². The molecule has 1 atom stereocenters. The lowest BCUT2D eigenvalue weighted by Gasteiger charge is -2.27. The number of amides is 3. The molecular formula is C21H16Br4N2O5. The first-order valence-electron chi connectivity index (χ1n) is 9.31. The molecular weight excluding hydrogens is 680 g/mol. The molecule has 3 rings (SSSR count). The third kappa shape index (κ3) is 4.71. The number of carbonyl (C=O) groups is 4. The minimum Gasteiger partial charge on any atom is -0.454 e. The van der Waals surface area contributed by atoms with E-state index >= 15 is 0 Å². The van der Waals surface area contributed by atoms with Gasteiger partial charge in [-0.25, -0.2) is 4.79 Å². The van der Waals surface area contributed by atoms with Gasteiger partial charge in [-0.2, -0.15) is 0 Å². The summed E-state index contributed by atoms with van der Waals surface area (Å²) in [6.45, 7) is 2.83. The predicted octanol–water partition coefficient (Wildman–Crippen LogP) is 5.54. The second kappa shape index (κ2) is 10.1. The Morgan fingerprint density at radius 1 is 0.906 bits per heavy atom. The van der Waals surface area contributed by atoms with Crippen molar-refractivity contribution in [3.8, 4) is 0 Å². The molecule has 32 heavy (non-hydrogen) atoms. The van der Waals surface area contributed by atoms with E-state index in [0.717, 1.165) is 4.90 Å². The second-order valence-electron chi connectivity index (χ2n) is 7.20. The number of hydrogen-bond acceptors (Lipinski definition) is 5. The summed E-state index contributed by atoms with van der Waals surface area (Å²) in [5, 5.41) is 2.61. The molecule has 0 fully saturated rings. The molecule has 0 aromatic heterocycles. The van der Waals surface area contributed by atoms with Crippen LogP contribution in [0.5, 0.6) is 0 Å². The van der Waals surface area contributed by atoms with E-state index in [1.54, 1.807) is 44.2 Å². The number of anilines is 1. The fourth-order valence-corrected chi connectivity index (χ4v) is 5.69. The van der Waals surface area contributed by atoms with E-state index in [1.807, 2.05) is 0 Å². The molecule has 1 unspecified atom stereocenters. The van der Waals surface area contributed by atoms with Crippen molar-refractivity contribution in [2.24, 2.45) is 5.92 Å². The first kappa shape index (κ1) is 25.1. The maximum atomic E-state index is 13.2. The number of hydrogen-bond donors (Lipinski definition) is 1. The number of carbonyl (C=O) groups excluding carboxylic acids is 4. The smallest absolute Gasteiger partial charge is 0.330 e. The molecule has 2 aromatic carbocycles. The van der Waals surface area contributed by atoms with Crippen LogP contribution in [0.2, 0.25) is 0 Å². The molecule has 168 valence electrons. The molecule has 1 heterocycles. The van der Waals surface area contributed by atoms with E-state index in [0.29, 0.717) is 23.6 Å². The van der Waals surface area contributed by atoms with Crippen LogP contribution in [-0.4, -0.2) is 41.2 Å². The van der Waals surface area contributed by atoms with Gasteiger partial charge in [-0.1, -0.05) is 32.0 Å². The van der Waals surface area contributed by atoms with Crippen LogP contribution in [0.25, 0.3) is 0 Å². The van der Waals surface area contributed by atoms with E-state index in [-0.39, 0.29) is 11.1 Å². The SMILES string of the molecule is CC(C)C(C(=O)OCC(=O)Nc1ccccc1)N1C(=O)c2c(Br)c(Br)c(Br)c(Br)c2C1=O. The minimum absolute atomic E-state index is 0.136. The zero-order valence-corrected chi connectivity index (χ0v) is 23.1. The number of fused-ring (bicyclic) bond motifs is 1. The number of nitrogens with zero attached hydrogens (tertiary/aromatic N) is 1. The number of nitrogens with one attached hydrogen (secondary N) is 1. The molecule has 0 radical (unpaired) electrons. The van der Waals surface area contributed by atoms with Crippen molar-refractivity contribution in [1.82, 2.24) is 4.90 Å². The highest BCUT2D eigenvalue weighted by Gasteiger charge is 2.47. The van der Waals surface area contributed by atoms with Gasteiger partial charge in [-0.3, -0.25) is 19.3 Å². The highest BCUT2D eigenvalue weighted by Crippen LogP contribution is 2.46. The Labute approximate surface area is 217 Å². The maximum Gasteiger partial charge on any atom is 0.330 e. The third-order valence-electron chi connectivity index (χ3n) is 4.69. The molecule has 0 bridgehead atoms. The summed E-state index contributed by atoms with van der Waals surface area (Å²) in [5.41, 5.74) is 0.828. The number of halogens is 4. The summed E-state index contributed by atoms with van der Waals surface area (Å²) < 4.78 is 7.05. The van der Waals surface area contributed by atoms with Crippen LogP contribution in [0.15, 0.2) is 48.2 Å². The molecule has 1 aliphatic heterocycles. The van der Waals surface area contributed by atoms with Crippen molar-refractivity contribution in [2.75, 3.05) is 11.9 Å². The molecule has 0 aliphatic carbocycles. The normalized spacial score (nSPS) is 13.9. The van der Waals surface area contributed by atoms with E-state index in [9.17, 15) is 19.2 Å². The topological polar surface area (TPSA) is 92.8 Å². The molecule has 0 spiro atoms. The molecule has 1 N–H and O–H groups in total. The van der Waals surface area contributed by atoms with Crippen LogP contribution in [0.4, 0.5) is 5.69 Å². The second-order valence-corrected chi connectivity index (χ2v) is 10.4. The van der Waals surface area contributed by atoms with Crippen molar-refractivity contribution in [3.63, 3.8) is 0 Å². The van der Waals surface area contributed by atoms with Crippen LogP contribution in [-0.2, 0) is 14.3 Å². The number of ether oxygens (including phenoxy) is 1. The van der Waals surface area contributed by atoms with E-state index < -0.39 is 42.3 Å². The molecule has 2 aromatic rings. The summed E-state index contributed by atoms with van der Waals surface area (Å²) in [7, 11) is 0.